The van der Waals surface area contributed by atoms with Crippen molar-refractivity contribution in [3.8, 4) is 0 Å². The van der Waals surface area contributed by atoms with Crippen molar-refractivity contribution in [2.45, 2.75) is 72.1 Å². The SMILES string of the molecule is CCCC(=O)[C@H]1CCC2C3CNC4=CC(=O)CC[C@]4(C)C3CC[C@@]21C. The van der Waals surface area contributed by atoms with E-state index in [9.17, 15) is 9.59 Å². The fourth-order valence-electron chi connectivity index (χ4n) is 7.09. The number of piperidine rings is 1. The van der Waals surface area contributed by atoms with Crippen LogP contribution in [0.5, 0.6) is 0 Å². The van der Waals surface area contributed by atoms with Crippen LogP contribution in [0.15, 0.2) is 11.8 Å². The predicted molar refractivity (Wildman–Crippen MR) is 98.9 cm³/mol. The van der Waals surface area contributed by atoms with Crippen LogP contribution in [0.4, 0.5) is 0 Å². The highest BCUT2D eigenvalue weighted by Crippen LogP contribution is 2.64. The maximum Gasteiger partial charge on any atom is 0.157 e. The Hall–Kier alpha value is -1.12. The van der Waals surface area contributed by atoms with E-state index in [0.717, 1.165) is 32.2 Å². The molecule has 1 saturated heterocycles. The highest BCUT2D eigenvalue weighted by Gasteiger charge is 2.60. The molecule has 2 saturated carbocycles. The Labute approximate surface area is 152 Å². The molecule has 0 aromatic heterocycles. The zero-order valence-electron chi connectivity index (χ0n) is 16.1. The average Bonchev–Trinajstić information content (AvgIpc) is 2.93. The van der Waals surface area contributed by atoms with Crippen molar-refractivity contribution < 1.29 is 9.59 Å². The molecular weight excluding hydrogens is 310 g/mol. The first-order chi connectivity index (χ1) is 11.9. The molecule has 0 aromatic carbocycles. The number of hydrogen-bond donors (Lipinski definition) is 1. The molecular formula is C22H33NO2. The number of fused-ring (bicyclic) bond motifs is 5. The second-order valence-corrected chi connectivity index (χ2v) is 9.59. The van der Waals surface area contributed by atoms with E-state index in [1.165, 1.54) is 25.0 Å². The summed E-state index contributed by atoms with van der Waals surface area (Å²) >= 11 is 0. The molecule has 6 atom stereocenters. The van der Waals surface area contributed by atoms with Gasteiger partial charge >= 0.3 is 0 Å². The van der Waals surface area contributed by atoms with Gasteiger partial charge in [-0.15, -0.1) is 0 Å². The van der Waals surface area contributed by atoms with Crippen LogP contribution in [0, 0.1) is 34.5 Å². The van der Waals surface area contributed by atoms with E-state index < -0.39 is 0 Å². The highest BCUT2D eigenvalue weighted by molar-refractivity contribution is 5.91. The van der Waals surface area contributed by atoms with Crippen molar-refractivity contribution in [2.24, 2.45) is 34.5 Å². The normalized spacial score (nSPS) is 45.7. The number of ketones is 2. The maximum absolute atomic E-state index is 12.7. The van der Waals surface area contributed by atoms with Gasteiger partial charge in [-0.25, -0.2) is 0 Å². The van der Waals surface area contributed by atoms with E-state index in [-0.39, 0.29) is 22.5 Å². The summed E-state index contributed by atoms with van der Waals surface area (Å²) in [5.41, 5.74) is 1.55. The Morgan fingerprint density at radius 2 is 2.00 bits per heavy atom. The van der Waals surface area contributed by atoms with E-state index in [4.69, 9.17) is 0 Å². The summed E-state index contributed by atoms with van der Waals surface area (Å²) in [7, 11) is 0. The van der Waals surface area contributed by atoms with Gasteiger partial charge in [0.15, 0.2) is 5.78 Å². The van der Waals surface area contributed by atoms with Crippen LogP contribution in [-0.4, -0.2) is 18.1 Å². The number of nitrogens with one attached hydrogen (secondary N) is 1. The minimum absolute atomic E-state index is 0.143. The summed E-state index contributed by atoms with van der Waals surface area (Å²) in [4.78, 5) is 24.6. The lowest BCUT2D eigenvalue weighted by atomic mass is 9.49. The van der Waals surface area contributed by atoms with Crippen LogP contribution < -0.4 is 5.32 Å². The lowest BCUT2D eigenvalue weighted by Crippen LogP contribution is -2.57. The number of Topliss-reactive ketones (excluding diaryl/α,β-unsaturated/α-hetero) is 1. The quantitative estimate of drug-likeness (QED) is 0.832. The van der Waals surface area contributed by atoms with Crippen LogP contribution in [0.3, 0.4) is 0 Å². The van der Waals surface area contributed by atoms with Gasteiger partial charge < -0.3 is 5.32 Å². The van der Waals surface area contributed by atoms with Gasteiger partial charge in [0.2, 0.25) is 0 Å². The average molecular weight is 344 g/mol. The lowest BCUT2D eigenvalue weighted by molar-refractivity contribution is -0.130. The van der Waals surface area contributed by atoms with Crippen molar-refractivity contribution in [3.63, 3.8) is 0 Å². The molecule has 0 radical (unpaired) electrons. The molecule has 3 fully saturated rings. The minimum atomic E-state index is 0.143. The first-order valence-electron chi connectivity index (χ1n) is 10.4. The number of allylic oxidation sites excluding steroid dienone is 2. The highest BCUT2D eigenvalue weighted by atomic mass is 16.1. The number of hydrogen-bond acceptors (Lipinski definition) is 3. The van der Waals surface area contributed by atoms with Gasteiger partial charge in [0.25, 0.3) is 0 Å². The van der Waals surface area contributed by atoms with E-state index in [1.54, 1.807) is 0 Å². The smallest absolute Gasteiger partial charge is 0.157 e. The van der Waals surface area contributed by atoms with E-state index >= 15 is 0 Å². The maximum atomic E-state index is 12.7. The van der Waals surface area contributed by atoms with Gasteiger partial charge in [0.05, 0.1) is 0 Å². The van der Waals surface area contributed by atoms with Gasteiger partial charge in [0.1, 0.15) is 5.78 Å². The molecule has 1 N–H and O–H groups in total. The van der Waals surface area contributed by atoms with Crippen molar-refractivity contribution in [1.29, 1.82) is 0 Å². The molecule has 3 nitrogen and oxygen atoms in total. The summed E-state index contributed by atoms with van der Waals surface area (Å²) in [6.45, 7) is 7.91. The molecule has 3 unspecified atom stereocenters. The van der Waals surface area contributed by atoms with Gasteiger partial charge in [-0.05, 0) is 61.7 Å². The van der Waals surface area contributed by atoms with Gasteiger partial charge in [0, 0.05) is 42.5 Å². The third-order valence-corrected chi connectivity index (χ3v) is 8.48. The second kappa shape index (κ2) is 5.96. The monoisotopic (exact) mass is 343 g/mol. The molecule has 0 spiro atoms. The van der Waals surface area contributed by atoms with Crippen molar-refractivity contribution in [1.82, 2.24) is 5.32 Å². The van der Waals surface area contributed by atoms with Crippen LogP contribution in [0.2, 0.25) is 0 Å². The third-order valence-electron chi connectivity index (χ3n) is 8.48. The molecule has 4 aliphatic rings. The van der Waals surface area contributed by atoms with Crippen LogP contribution in [-0.2, 0) is 9.59 Å². The predicted octanol–water partition coefficient (Wildman–Crippen LogP) is 4.27. The van der Waals surface area contributed by atoms with Crippen molar-refractivity contribution >= 4 is 11.6 Å². The number of carbonyl (C=O) groups excluding carboxylic acids is 2. The first-order valence-corrected chi connectivity index (χ1v) is 10.4. The second-order valence-electron chi connectivity index (χ2n) is 9.59. The minimum Gasteiger partial charge on any atom is -0.387 e. The Bertz CT molecular complexity index is 624. The van der Waals surface area contributed by atoms with Crippen molar-refractivity contribution in [2.75, 3.05) is 6.54 Å². The van der Waals surface area contributed by atoms with Gasteiger partial charge in [-0.3, -0.25) is 9.59 Å². The summed E-state index contributed by atoms with van der Waals surface area (Å²) in [5, 5.41) is 3.65. The summed E-state index contributed by atoms with van der Waals surface area (Å²) < 4.78 is 0. The molecule has 1 heterocycles. The fraction of sp³-hybridized carbons (Fsp3) is 0.818. The van der Waals surface area contributed by atoms with Crippen LogP contribution in [0.25, 0.3) is 0 Å². The van der Waals surface area contributed by atoms with Gasteiger partial charge in [-0.2, -0.15) is 0 Å². The molecule has 1 aliphatic heterocycles. The van der Waals surface area contributed by atoms with Crippen molar-refractivity contribution in [3.05, 3.63) is 11.8 Å². The Balaban J connectivity index is 1.61. The largest absolute Gasteiger partial charge is 0.387 e. The molecule has 0 amide bonds. The van der Waals surface area contributed by atoms with Crippen LogP contribution in [0.1, 0.15) is 72.1 Å². The Kier molecular flexibility index (Phi) is 4.12. The van der Waals surface area contributed by atoms with E-state index in [2.05, 4.69) is 26.1 Å². The molecule has 3 heteroatoms. The zero-order valence-corrected chi connectivity index (χ0v) is 16.1. The number of carbonyl (C=O) groups is 2. The third kappa shape index (κ3) is 2.44. The first kappa shape index (κ1) is 17.3. The molecule has 0 aromatic rings. The number of rotatable bonds is 3. The molecule has 25 heavy (non-hydrogen) atoms. The summed E-state index contributed by atoms with van der Waals surface area (Å²) in [6.07, 6.45) is 10.0. The molecule has 4 rings (SSSR count). The zero-order chi connectivity index (χ0) is 17.8. The standard InChI is InChI=1S/C22H33NO2/c1-4-5-19(25)18-7-6-16-15-13-23-20-12-14(24)8-10-22(20,3)17(15)9-11-21(16,18)2/h12,15-18,23H,4-11,13H2,1-3H3/t15?,16?,17?,18-,21+,22-/m1/s1. The lowest BCUT2D eigenvalue weighted by Gasteiger charge is -2.58. The van der Waals surface area contributed by atoms with E-state index in [0.29, 0.717) is 30.0 Å². The topological polar surface area (TPSA) is 46.2 Å². The van der Waals surface area contributed by atoms with Gasteiger partial charge in [-0.1, -0.05) is 20.8 Å². The van der Waals surface area contributed by atoms with E-state index in [1.807, 2.05) is 6.08 Å². The fourth-order valence-corrected chi connectivity index (χ4v) is 7.09. The molecule has 138 valence electrons. The Morgan fingerprint density at radius 3 is 2.76 bits per heavy atom. The molecule has 0 bridgehead atoms. The summed E-state index contributed by atoms with van der Waals surface area (Å²) in [6, 6.07) is 0. The van der Waals surface area contributed by atoms with Crippen LogP contribution >= 0.6 is 0 Å². The Morgan fingerprint density at radius 1 is 1.20 bits per heavy atom. The molecule has 3 aliphatic carbocycles. The summed E-state index contributed by atoms with van der Waals surface area (Å²) in [5.74, 6) is 3.09.